The van der Waals surface area contributed by atoms with E-state index in [0.717, 1.165) is 51.3 Å². The second-order valence-corrected chi connectivity index (χ2v) is 9.74. The molecule has 0 saturated carbocycles. The van der Waals surface area contributed by atoms with Crippen LogP contribution in [-0.4, -0.2) is 19.4 Å². The van der Waals surface area contributed by atoms with E-state index in [1.54, 1.807) is 0 Å². The number of nitrogens with zero attached hydrogens (tertiary/aromatic N) is 4. The molecule has 0 spiro atoms. The van der Waals surface area contributed by atoms with Gasteiger partial charge in [-0.15, -0.1) is 0 Å². The molecule has 162 valence electrons. The largest absolute Gasteiger partial charge is 0.276 e. The van der Waals surface area contributed by atoms with Crippen LogP contribution < -0.4 is 0 Å². The van der Waals surface area contributed by atoms with Gasteiger partial charge in [0, 0.05) is 29.4 Å². The maximum atomic E-state index is 5.14. The van der Waals surface area contributed by atoms with E-state index in [-0.39, 0.29) is 0 Å². The van der Waals surface area contributed by atoms with Gasteiger partial charge in [0.1, 0.15) is 11.3 Å². The van der Waals surface area contributed by atoms with Crippen LogP contribution in [0.5, 0.6) is 0 Å². The average Bonchev–Trinajstić information content (AvgIpc) is 3.56. The Labute approximate surface area is 200 Å². The Morgan fingerprint density at radius 3 is 2.40 bits per heavy atom. The first-order valence-electron chi connectivity index (χ1n) is 12.0. The van der Waals surface area contributed by atoms with E-state index < -0.39 is 0 Å². The molecule has 0 saturated heterocycles. The lowest BCUT2D eigenvalue weighted by molar-refractivity contribution is 1.20. The lowest BCUT2D eigenvalue weighted by atomic mass is 9.98. The van der Waals surface area contributed by atoms with Gasteiger partial charge in [0.15, 0.2) is 0 Å². The monoisotopic (exact) mass is 446 g/mol. The number of benzene rings is 3. The summed E-state index contributed by atoms with van der Waals surface area (Å²) in [5, 5.41) is 3.31. The molecule has 0 aliphatic heterocycles. The molecule has 4 heterocycles. The summed E-state index contributed by atoms with van der Waals surface area (Å²) in [6.45, 7) is 0. The molecule has 0 radical (unpaired) electrons. The summed E-state index contributed by atoms with van der Waals surface area (Å²) in [6, 6.07) is 24.5. The van der Waals surface area contributed by atoms with E-state index in [0.29, 0.717) is 0 Å². The van der Waals surface area contributed by atoms with Crippen LogP contribution in [0, 0.1) is 0 Å². The van der Waals surface area contributed by atoms with Crippen molar-refractivity contribution in [1.29, 1.82) is 0 Å². The number of pyridine rings is 3. The zero-order chi connectivity index (χ0) is 22.7. The second-order valence-electron chi connectivity index (χ2n) is 9.74. The van der Waals surface area contributed by atoms with E-state index in [1.165, 1.54) is 44.5 Å². The molecular weight excluding hydrogens is 428 g/mol. The minimum atomic E-state index is 0.918. The van der Waals surface area contributed by atoms with Gasteiger partial charge in [0.2, 0.25) is 0 Å². The minimum absolute atomic E-state index is 0.918. The molecule has 4 nitrogen and oxygen atoms in total. The first kappa shape index (κ1) is 17.8. The van der Waals surface area contributed by atoms with Crippen molar-refractivity contribution in [2.45, 2.75) is 12.8 Å². The summed E-state index contributed by atoms with van der Waals surface area (Å²) in [4.78, 5) is 14.3. The van der Waals surface area contributed by atoms with Gasteiger partial charge in [-0.3, -0.25) is 9.38 Å². The number of hydrogen-bond donors (Lipinski definition) is 0. The van der Waals surface area contributed by atoms with Crippen LogP contribution in [0.2, 0.25) is 0 Å². The van der Waals surface area contributed by atoms with Crippen molar-refractivity contribution in [3.8, 4) is 22.3 Å². The zero-order valence-electron chi connectivity index (χ0n) is 18.8. The number of imidazole rings is 1. The SMILES string of the molecule is c1ccc2c(c1)Cc1cc3c(cc1-2)-c1cc2nc4c5cnccc5c5cccnc5n4c2cc1C3. The van der Waals surface area contributed by atoms with Gasteiger partial charge >= 0.3 is 0 Å². The fraction of sp³-hybridized carbons (Fsp3) is 0.0645. The number of hydrogen-bond acceptors (Lipinski definition) is 3. The van der Waals surface area contributed by atoms with Crippen LogP contribution in [0.1, 0.15) is 22.3 Å². The predicted octanol–water partition coefficient (Wildman–Crippen LogP) is 6.73. The topological polar surface area (TPSA) is 43.1 Å². The van der Waals surface area contributed by atoms with Gasteiger partial charge in [0.05, 0.1) is 11.0 Å². The van der Waals surface area contributed by atoms with E-state index in [9.17, 15) is 0 Å². The van der Waals surface area contributed by atoms with Gasteiger partial charge < -0.3 is 0 Å². The average molecular weight is 447 g/mol. The van der Waals surface area contributed by atoms with Crippen molar-refractivity contribution < 1.29 is 0 Å². The lowest BCUT2D eigenvalue weighted by Gasteiger charge is -2.08. The zero-order valence-corrected chi connectivity index (χ0v) is 18.8. The first-order chi connectivity index (χ1) is 17.3. The second kappa shape index (κ2) is 6.10. The number of fused-ring (bicyclic) bond motifs is 14. The maximum Gasteiger partial charge on any atom is 0.149 e. The van der Waals surface area contributed by atoms with Crippen LogP contribution in [0.25, 0.3) is 60.7 Å². The number of rotatable bonds is 0. The van der Waals surface area contributed by atoms with E-state index in [2.05, 4.69) is 70.0 Å². The third-order valence-electron chi connectivity index (χ3n) is 7.92. The molecule has 0 N–H and O–H groups in total. The molecular formula is C31H18N4. The molecule has 0 amide bonds. The third kappa shape index (κ3) is 2.20. The highest BCUT2D eigenvalue weighted by Crippen LogP contribution is 2.46. The molecule has 0 atom stereocenters. The Kier molecular flexibility index (Phi) is 3.11. The third-order valence-corrected chi connectivity index (χ3v) is 7.92. The molecule has 4 heteroatoms. The van der Waals surface area contributed by atoms with E-state index >= 15 is 0 Å². The molecule has 3 aromatic carbocycles. The maximum absolute atomic E-state index is 5.14. The van der Waals surface area contributed by atoms with Crippen molar-refractivity contribution in [2.75, 3.05) is 0 Å². The summed E-state index contributed by atoms with van der Waals surface area (Å²) in [6.07, 6.45) is 7.62. The quantitative estimate of drug-likeness (QED) is 0.243. The van der Waals surface area contributed by atoms with Crippen LogP contribution in [0.3, 0.4) is 0 Å². The molecule has 4 aromatic heterocycles. The Balaban J connectivity index is 1.35. The fourth-order valence-corrected chi connectivity index (χ4v) is 6.39. The van der Waals surface area contributed by atoms with E-state index in [4.69, 9.17) is 9.97 Å². The highest BCUT2D eigenvalue weighted by molar-refractivity contribution is 6.12. The van der Waals surface area contributed by atoms with Crippen molar-refractivity contribution in [2.24, 2.45) is 0 Å². The van der Waals surface area contributed by atoms with Gasteiger partial charge in [-0.2, -0.15) is 0 Å². The molecule has 7 aromatic rings. The smallest absolute Gasteiger partial charge is 0.149 e. The summed E-state index contributed by atoms with van der Waals surface area (Å²) >= 11 is 0. The molecule has 2 aliphatic carbocycles. The Hall–Kier alpha value is -4.57. The summed E-state index contributed by atoms with van der Waals surface area (Å²) in [5.74, 6) is 0. The van der Waals surface area contributed by atoms with Crippen molar-refractivity contribution >= 4 is 38.5 Å². The molecule has 0 unspecified atom stereocenters. The highest BCUT2D eigenvalue weighted by Gasteiger charge is 2.26. The summed E-state index contributed by atoms with van der Waals surface area (Å²) in [5.41, 5.74) is 15.1. The van der Waals surface area contributed by atoms with Crippen LogP contribution in [0.15, 0.2) is 85.3 Å². The van der Waals surface area contributed by atoms with Gasteiger partial charge in [-0.05, 0) is 99.1 Å². The van der Waals surface area contributed by atoms with Gasteiger partial charge in [-0.1, -0.05) is 30.3 Å². The molecule has 0 fully saturated rings. The first-order valence-corrected chi connectivity index (χ1v) is 12.0. The van der Waals surface area contributed by atoms with Crippen LogP contribution in [0.4, 0.5) is 0 Å². The normalized spacial score (nSPS) is 13.5. The Morgan fingerprint density at radius 2 is 1.43 bits per heavy atom. The molecule has 35 heavy (non-hydrogen) atoms. The summed E-state index contributed by atoms with van der Waals surface area (Å²) in [7, 11) is 0. The van der Waals surface area contributed by atoms with Gasteiger partial charge in [0.25, 0.3) is 0 Å². The number of aromatic nitrogens is 4. The lowest BCUT2D eigenvalue weighted by Crippen LogP contribution is -1.94. The minimum Gasteiger partial charge on any atom is -0.276 e. The standard InChI is InChI=1S/C31H18N4/c1-2-5-21-17(4-1)10-18-11-19-12-20-13-29-28(15-26(20)25(19)14-24(18)21)34-31-27-16-32-9-7-22(27)23-6-3-8-33-30(23)35(29)31/h1-9,11,13-16H,10,12H2. The van der Waals surface area contributed by atoms with Crippen molar-refractivity contribution in [1.82, 2.24) is 19.4 Å². The molecule has 2 aliphatic rings. The fourth-order valence-electron chi connectivity index (χ4n) is 6.39. The van der Waals surface area contributed by atoms with Crippen LogP contribution in [-0.2, 0) is 12.8 Å². The van der Waals surface area contributed by atoms with Crippen LogP contribution >= 0.6 is 0 Å². The molecule has 9 rings (SSSR count). The summed E-state index contributed by atoms with van der Waals surface area (Å²) < 4.78 is 2.22. The van der Waals surface area contributed by atoms with Crippen molar-refractivity contribution in [3.05, 3.63) is 108 Å². The Bertz CT molecular complexity index is 2070. The Morgan fingerprint density at radius 1 is 0.600 bits per heavy atom. The van der Waals surface area contributed by atoms with Gasteiger partial charge in [-0.25, -0.2) is 9.97 Å². The van der Waals surface area contributed by atoms with E-state index in [1.807, 2.05) is 24.7 Å². The van der Waals surface area contributed by atoms with Crippen molar-refractivity contribution in [3.63, 3.8) is 0 Å². The molecule has 0 bridgehead atoms. The predicted molar refractivity (Wildman–Crippen MR) is 140 cm³/mol. The highest BCUT2D eigenvalue weighted by atomic mass is 15.1.